The van der Waals surface area contributed by atoms with Gasteiger partial charge in [0, 0.05) is 30.5 Å². The molecule has 2 aromatic carbocycles. The number of hydrogen-bond donors (Lipinski definition) is 1. The van der Waals surface area contributed by atoms with E-state index in [2.05, 4.69) is 4.90 Å². The quantitative estimate of drug-likeness (QED) is 0.398. The maximum atomic E-state index is 13.3. The second-order valence-corrected chi connectivity index (χ2v) is 11.2. The molecule has 1 saturated heterocycles. The van der Waals surface area contributed by atoms with Crippen LogP contribution in [0.3, 0.4) is 0 Å². The van der Waals surface area contributed by atoms with E-state index in [0.29, 0.717) is 29.9 Å². The van der Waals surface area contributed by atoms with E-state index in [9.17, 15) is 19.5 Å². The van der Waals surface area contributed by atoms with Crippen molar-refractivity contribution in [2.24, 2.45) is 0 Å². The van der Waals surface area contributed by atoms with Crippen LogP contribution in [0.5, 0.6) is 11.5 Å². The summed E-state index contributed by atoms with van der Waals surface area (Å²) in [5.74, 6) is -0.998. The molecule has 6 atom stereocenters. The Morgan fingerprint density at radius 1 is 1.10 bits per heavy atom. The third-order valence-corrected chi connectivity index (χ3v) is 9.00. The number of esters is 3. The summed E-state index contributed by atoms with van der Waals surface area (Å²) in [6, 6.07) is 12.2. The maximum absolute atomic E-state index is 13.3. The SMILES string of the molecule is COc1ccc2c3c1O[C@H]1C(OC(=O)[C@H](C)OC(=O)[C@@H](OC(C)=O)c4ccccc4)=CC[C@]4(O)C(C2)N(C)CC[C@]314. The predicted octanol–water partition coefficient (Wildman–Crippen LogP) is 2.75. The van der Waals surface area contributed by atoms with Crippen molar-refractivity contribution in [2.45, 2.75) is 68.5 Å². The number of rotatable bonds is 7. The van der Waals surface area contributed by atoms with E-state index < -0.39 is 47.2 Å². The lowest BCUT2D eigenvalue weighted by atomic mass is 9.50. The largest absolute Gasteiger partial charge is 0.493 e. The van der Waals surface area contributed by atoms with Gasteiger partial charge in [0.15, 0.2) is 23.7 Å². The summed E-state index contributed by atoms with van der Waals surface area (Å²) < 4.78 is 28.6. The van der Waals surface area contributed by atoms with Gasteiger partial charge in [-0.15, -0.1) is 0 Å². The van der Waals surface area contributed by atoms with Gasteiger partial charge in [0.2, 0.25) is 6.10 Å². The highest BCUT2D eigenvalue weighted by atomic mass is 16.6. The Hall–Kier alpha value is -3.89. The second-order valence-electron chi connectivity index (χ2n) is 11.2. The molecule has 10 heteroatoms. The zero-order valence-corrected chi connectivity index (χ0v) is 23.4. The number of ether oxygens (including phenoxy) is 5. The van der Waals surface area contributed by atoms with E-state index in [4.69, 9.17) is 23.7 Å². The number of aliphatic hydroxyl groups is 1. The fourth-order valence-electron chi connectivity index (χ4n) is 7.12. The molecule has 6 rings (SSSR count). The van der Waals surface area contributed by atoms with Gasteiger partial charge in [-0.3, -0.25) is 4.79 Å². The number of likely N-dealkylation sites (N-methyl/N-ethyl adjacent to an activating group) is 1. The number of carbonyl (C=O) groups is 3. The molecule has 0 aromatic heterocycles. The highest BCUT2D eigenvalue weighted by Crippen LogP contribution is 2.65. The highest BCUT2D eigenvalue weighted by molar-refractivity contribution is 5.84. The standard InChI is InChI=1S/C31H33NO9/c1-17(38-29(35)25(39-18(2)33)19-8-6-5-7-9-19)28(34)40-22-12-13-31(36)23-16-20-10-11-21(37-4)26-24(20)30(31,27(22)41-26)14-15-32(23)3/h5-12,17,23,25,27,36H,13-16H2,1-4H3/t17-,23?,25-,27-,30-,31-/m0/s1. The molecule has 41 heavy (non-hydrogen) atoms. The summed E-state index contributed by atoms with van der Waals surface area (Å²) in [6.45, 7) is 3.32. The fourth-order valence-corrected chi connectivity index (χ4v) is 7.12. The third kappa shape index (κ3) is 4.03. The molecule has 2 aliphatic carbocycles. The molecular weight excluding hydrogens is 530 g/mol. The zero-order valence-electron chi connectivity index (χ0n) is 23.4. The van der Waals surface area contributed by atoms with Crippen molar-refractivity contribution in [1.82, 2.24) is 4.90 Å². The maximum Gasteiger partial charge on any atom is 0.353 e. The minimum Gasteiger partial charge on any atom is -0.493 e. The summed E-state index contributed by atoms with van der Waals surface area (Å²) in [6.07, 6.45) is -0.189. The molecule has 1 fully saturated rings. The lowest BCUT2D eigenvalue weighted by Crippen LogP contribution is -2.74. The Morgan fingerprint density at radius 3 is 2.56 bits per heavy atom. The average Bonchev–Trinajstić information content (AvgIpc) is 3.31. The molecule has 10 nitrogen and oxygen atoms in total. The first-order valence-electron chi connectivity index (χ1n) is 13.7. The van der Waals surface area contributed by atoms with Gasteiger partial charge >= 0.3 is 17.9 Å². The molecule has 4 aliphatic rings. The summed E-state index contributed by atoms with van der Waals surface area (Å²) in [4.78, 5) is 40.1. The molecule has 2 heterocycles. The summed E-state index contributed by atoms with van der Waals surface area (Å²) in [5.41, 5.74) is 0.437. The van der Waals surface area contributed by atoms with Crippen molar-refractivity contribution in [3.63, 3.8) is 0 Å². The van der Waals surface area contributed by atoms with Crippen LogP contribution in [0.25, 0.3) is 0 Å². The van der Waals surface area contributed by atoms with Crippen LogP contribution in [0.15, 0.2) is 54.3 Å². The van der Waals surface area contributed by atoms with E-state index in [1.807, 2.05) is 19.2 Å². The molecule has 1 N–H and O–H groups in total. The Labute approximate surface area is 237 Å². The zero-order chi connectivity index (χ0) is 29.1. The van der Waals surface area contributed by atoms with Gasteiger partial charge in [-0.25, -0.2) is 9.59 Å². The van der Waals surface area contributed by atoms with Gasteiger partial charge in [0.25, 0.3) is 0 Å². The smallest absolute Gasteiger partial charge is 0.353 e. The van der Waals surface area contributed by atoms with Gasteiger partial charge in [0.1, 0.15) is 5.76 Å². The Bertz CT molecular complexity index is 1440. The van der Waals surface area contributed by atoms with Crippen molar-refractivity contribution in [2.75, 3.05) is 20.7 Å². The lowest BCUT2D eigenvalue weighted by Gasteiger charge is -2.61. The molecule has 2 bridgehead atoms. The van der Waals surface area contributed by atoms with Gasteiger partial charge in [-0.05, 0) is 51.1 Å². The molecule has 216 valence electrons. The molecule has 0 amide bonds. The number of carbonyl (C=O) groups excluding carboxylic acids is 3. The summed E-state index contributed by atoms with van der Waals surface area (Å²) in [7, 11) is 3.59. The number of benzene rings is 2. The van der Waals surface area contributed by atoms with Gasteiger partial charge in [-0.2, -0.15) is 0 Å². The van der Waals surface area contributed by atoms with Crippen molar-refractivity contribution in [3.8, 4) is 11.5 Å². The van der Waals surface area contributed by atoms with Crippen LogP contribution in [-0.4, -0.2) is 72.5 Å². The van der Waals surface area contributed by atoms with Gasteiger partial charge in [0.05, 0.1) is 18.1 Å². The predicted molar refractivity (Wildman–Crippen MR) is 144 cm³/mol. The first-order chi connectivity index (χ1) is 19.6. The van der Waals surface area contributed by atoms with Crippen LogP contribution in [0.2, 0.25) is 0 Å². The van der Waals surface area contributed by atoms with E-state index in [1.54, 1.807) is 43.5 Å². The molecule has 0 radical (unpaired) electrons. The molecular formula is C31H33NO9. The van der Waals surface area contributed by atoms with Crippen molar-refractivity contribution < 1.29 is 43.2 Å². The Kier molecular flexibility index (Phi) is 6.58. The monoisotopic (exact) mass is 563 g/mol. The number of nitrogens with zero attached hydrogens (tertiary/aromatic N) is 1. The van der Waals surface area contributed by atoms with Crippen molar-refractivity contribution in [1.29, 1.82) is 0 Å². The third-order valence-electron chi connectivity index (χ3n) is 9.00. The summed E-state index contributed by atoms with van der Waals surface area (Å²) in [5, 5.41) is 12.3. The van der Waals surface area contributed by atoms with Crippen LogP contribution < -0.4 is 9.47 Å². The van der Waals surface area contributed by atoms with Crippen LogP contribution in [0, 0.1) is 0 Å². The minimum absolute atomic E-state index is 0.140. The Balaban J connectivity index is 1.27. The van der Waals surface area contributed by atoms with Gasteiger partial charge in [-0.1, -0.05) is 36.4 Å². The molecule has 2 aromatic rings. The van der Waals surface area contributed by atoms with Crippen molar-refractivity contribution in [3.05, 3.63) is 71.0 Å². The average molecular weight is 564 g/mol. The molecule has 0 saturated carbocycles. The molecule has 1 spiro atoms. The van der Waals surface area contributed by atoms with E-state index in [-0.39, 0.29) is 18.2 Å². The minimum atomic E-state index is -1.33. The molecule has 1 unspecified atom stereocenters. The van der Waals surface area contributed by atoms with E-state index in [1.165, 1.54) is 13.8 Å². The number of hydrogen-bond acceptors (Lipinski definition) is 10. The first kappa shape index (κ1) is 27.3. The first-order valence-corrected chi connectivity index (χ1v) is 13.7. The summed E-state index contributed by atoms with van der Waals surface area (Å²) >= 11 is 0. The van der Waals surface area contributed by atoms with Crippen LogP contribution in [0.4, 0.5) is 0 Å². The Morgan fingerprint density at radius 2 is 1.85 bits per heavy atom. The normalized spacial score (nSPS) is 28.8. The number of methoxy groups -OCH3 is 1. The van der Waals surface area contributed by atoms with Crippen LogP contribution in [-0.2, 0) is 40.4 Å². The van der Waals surface area contributed by atoms with Crippen molar-refractivity contribution >= 4 is 17.9 Å². The van der Waals surface area contributed by atoms with E-state index in [0.717, 1.165) is 17.7 Å². The lowest BCUT2D eigenvalue weighted by molar-refractivity contribution is -0.180. The number of piperidine rings is 1. The topological polar surface area (TPSA) is 121 Å². The van der Waals surface area contributed by atoms with Crippen LogP contribution in [0.1, 0.15) is 49.5 Å². The fraction of sp³-hybridized carbons (Fsp3) is 0.452. The number of likely N-dealkylation sites (tertiary alicyclic amines) is 1. The second kappa shape index (κ2) is 9.88. The van der Waals surface area contributed by atoms with E-state index >= 15 is 0 Å². The highest BCUT2D eigenvalue weighted by Gasteiger charge is 2.72. The molecule has 2 aliphatic heterocycles. The van der Waals surface area contributed by atoms with Crippen LogP contribution >= 0.6 is 0 Å². The van der Waals surface area contributed by atoms with Gasteiger partial charge < -0.3 is 33.7 Å².